The Kier molecular flexibility index (Phi) is 29.8. The van der Waals surface area contributed by atoms with E-state index in [4.69, 9.17) is 108 Å². The fourth-order valence-corrected chi connectivity index (χ4v) is 18.9. The molecule has 0 unspecified atom stereocenters. The number of pyridine rings is 9. The zero-order chi connectivity index (χ0) is 101. The molecular formula is C96H84Cl7F8N21O6. The number of carbonyl (C=O) groups excluding carboxylic acids is 3. The average Bonchev–Trinajstić information content (AvgIpc) is 0.727. The van der Waals surface area contributed by atoms with Crippen molar-refractivity contribution in [3.05, 3.63) is 255 Å². The van der Waals surface area contributed by atoms with Gasteiger partial charge in [-0.3, -0.25) is 57.4 Å². The van der Waals surface area contributed by atoms with Crippen molar-refractivity contribution >= 4 is 166 Å². The lowest BCUT2D eigenvalue weighted by Crippen LogP contribution is -2.49. The maximum atomic E-state index is 15.6. The van der Waals surface area contributed by atoms with Gasteiger partial charge in [0.2, 0.25) is 17.7 Å². The van der Waals surface area contributed by atoms with Crippen molar-refractivity contribution in [2.45, 2.75) is 100 Å². The van der Waals surface area contributed by atoms with Crippen LogP contribution < -0.4 is 48.6 Å². The van der Waals surface area contributed by atoms with Crippen molar-refractivity contribution in [1.29, 1.82) is 15.8 Å². The van der Waals surface area contributed by atoms with E-state index < -0.39 is 79.5 Å². The van der Waals surface area contributed by atoms with E-state index in [1.807, 2.05) is 57.4 Å². The van der Waals surface area contributed by atoms with Crippen molar-refractivity contribution in [3.8, 4) is 69.0 Å². The lowest BCUT2D eigenvalue weighted by Gasteiger charge is -2.36. The Bertz CT molecular complexity index is 7190. The Morgan fingerprint density at radius 1 is 0.406 bits per heavy atom. The number of nitriles is 3. The number of hydrogen-bond acceptors (Lipinski definition) is 21. The van der Waals surface area contributed by atoms with Crippen molar-refractivity contribution in [3.63, 3.8) is 0 Å². The number of benzene rings is 3. The van der Waals surface area contributed by atoms with Crippen molar-refractivity contribution in [1.82, 2.24) is 58.3 Å². The number of piperazine rings is 3. The standard InChI is InChI=1S/2C32H29Cl3FN7O2.C32H26ClF6N7O2/c2*1-6-21(44)41-9-11-42(12-10-41)30-18-13-20(33)28(22-17(5)23(34)25(36)24(35)26(22)38)40-31(18)43(32(45)19(30)14-37)29-16(4)7-8-39-27(29)15(2)3;1-5-19(47)44-8-10-45(11-9-44)29-16-12-18(33)27(20-22(34)21(32(37,38)39)23(35)24(36)25(20)41)43-30(16)46(31(48)17(29)13-40)28-15(4)6-7-42-26(28)14(2)3/h2*6-8,13,15H,1,9-12,38H2,2-5H3;5-7,12,14H,1,8-11,41H2,2-4H3. The Labute approximate surface area is 819 Å². The van der Waals surface area contributed by atoms with Crippen LogP contribution in [0.15, 0.2) is 107 Å². The zero-order valence-electron chi connectivity index (χ0n) is 75.7. The van der Waals surface area contributed by atoms with E-state index in [1.165, 1.54) is 32.4 Å². The van der Waals surface area contributed by atoms with E-state index in [2.05, 4.69) is 51.8 Å². The molecule has 3 aromatic carbocycles. The van der Waals surface area contributed by atoms with Crippen LogP contribution >= 0.6 is 81.2 Å². The number of rotatable bonds is 15. The topological polar surface area (TPSA) is 363 Å². The first-order chi connectivity index (χ1) is 65.2. The number of nitrogens with zero attached hydrogens (tertiary/aromatic N) is 18. The van der Waals surface area contributed by atoms with Crippen LogP contribution in [0.25, 0.3) is 83.9 Å². The summed E-state index contributed by atoms with van der Waals surface area (Å²) in [7, 11) is 0. The molecule has 3 amide bonds. The highest BCUT2D eigenvalue weighted by molar-refractivity contribution is 6.40. The van der Waals surface area contributed by atoms with E-state index in [9.17, 15) is 75.3 Å². The number of carbonyl (C=O) groups is 3. The predicted molar refractivity (Wildman–Crippen MR) is 522 cm³/mol. The number of nitrogens with two attached hydrogens (primary N) is 3. The molecule has 12 aromatic rings. The molecule has 0 saturated carbocycles. The number of aromatic nitrogens is 9. The second-order valence-electron chi connectivity index (χ2n) is 33.4. The van der Waals surface area contributed by atoms with Gasteiger partial charge in [0, 0.05) is 124 Å². The van der Waals surface area contributed by atoms with Crippen LogP contribution in [-0.2, 0) is 20.6 Å². The normalized spacial score (nSPS) is 13.5. The molecule has 0 radical (unpaired) electrons. The largest absolute Gasteiger partial charge is 0.422 e. The summed E-state index contributed by atoms with van der Waals surface area (Å²) in [5.74, 6) is -9.95. The molecule has 9 aromatic heterocycles. The minimum atomic E-state index is -5.67. The van der Waals surface area contributed by atoms with Gasteiger partial charge in [0.25, 0.3) is 16.7 Å². The van der Waals surface area contributed by atoms with Crippen molar-refractivity contribution < 1.29 is 49.5 Å². The van der Waals surface area contributed by atoms with E-state index in [0.29, 0.717) is 109 Å². The van der Waals surface area contributed by atoms with Gasteiger partial charge in [-0.2, -0.15) is 29.0 Å². The summed E-state index contributed by atoms with van der Waals surface area (Å²) >= 11 is 45.4. The monoisotopic (exact) mass is 2020 g/mol. The molecule has 6 N–H and O–H groups in total. The van der Waals surface area contributed by atoms with Crippen LogP contribution in [0.5, 0.6) is 0 Å². The van der Waals surface area contributed by atoms with Gasteiger partial charge in [-0.25, -0.2) is 36.9 Å². The van der Waals surface area contributed by atoms with Gasteiger partial charge < -0.3 is 46.6 Å². The number of halogens is 15. The fourth-order valence-electron chi connectivity index (χ4n) is 17.3. The summed E-state index contributed by atoms with van der Waals surface area (Å²) in [4.78, 5) is 118. The minimum absolute atomic E-state index is 0.0407. The maximum absolute atomic E-state index is 15.6. The van der Waals surface area contributed by atoms with Gasteiger partial charge in [0.1, 0.15) is 73.3 Å². The third-order valence-corrected chi connectivity index (χ3v) is 26.6. The Hall–Kier alpha value is -13.4. The quantitative estimate of drug-likeness (QED) is 0.0282. The zero-order valence-corrected chi connectivity index (χ0v) is 81.0. The van der Waals surface area contributed by atoms with Crippen molar-refractivity contribution in [2.24, 2.45) is 0 Å². The van der Waals surface area contributed by atoms with E-state index in [1.54, 1.807) is 92.0 Å². The summed E-state index contributed by atoms with van der Waals surface area (Å²) in [6, 6.07) is 15.7. The van der Waals surface area contributed by atoms with Crippen molar-refractivity contribution in [2.75, 3.05) is 110 Å². The van der Waals surface area contributed by atoms with E-state index >= 15 is 4.39 Å². The molecule has 42 heteroatoms. The molecule has 0 spiro atoms. The number of amides is 3. The van der Waals surface area contributed by atoms with Crippen LogP contribution in [-0.4, -0.2) is 155 Å². The SMILES string of the molecule is C=CC(=O)N1CCN(c2c(C#N)c(=O)n(-c3c(C)ccnc3C(C)C)c3nc(-c4c(C)c(Cl)c(F)c(Cl)c4N)c(Cl)cc23)CC1.C=CC(=O)N1CCN(c2c(C#N)c(=O)n(-c3c(C)ccnc3C(C)C)c3nc(-c4c(C)c(Cl)c(F)c(Cl)c4N)c(Cl)cc23)CC1.C=CC(=O)N1CCN(c2c(C#N)c(=O)n(-c3c(C)ccnc3C(C)C)c3nc(-c4c(N)c(F)c(F)c(C(F)(F)F)c4F)c(Cl)cc23)CC1. The second kappa shape index (κ2) is 40.3. The molecule has 0 bridgehead atoms. The Balaban J connectivity index is 0.000000175. The molecule has 0 aliphatic carbocycles. The van der Waals surface area contributed by atoms with Crippen LogP contribution in [0.1, 0.15) is 126 Å². The summed E-state index contributed by atoms with van der Waals surface area (Å²) in [6.45, 7) is 33.8. The van der Waals surface area contributed by atoms with Gasteiger partial charge in [0.05, 0.1) is 116 Å². The number of anilines is 6. The molecule has 3 aliphatic heterocycles. The smallest absolute Gasteiger partial charge is 0.397 e. The number of nitrogen functional groups attached to an aromatic ring is 3. The Morgan fingerprint density at radius 2 is 0.674 bits per heavy atom. The minimum Gasteiger partial charge on any atom is -0.397 e. The summed E-state index contributed by atoms with van der Waals surface area (Å²) in [5.41, 5.74) is 16.0. The van der Waals surface area contributed by atoms with Crippen LogP contribution in [0.2, 0.25) is 35.2 Å². The van der Waals surface area contributed by atoms with Crippen LogP contribution in [0.4, 0.5) is 69.2 Å². The van der Waals surface area contributed by atoms with Gasteiger partial charge >= 0.3 is 6.18 Å². The van der Waals surface area contributed by atoms with Crippen LogP contribution in [0.3, 0.4) is 0 Å². The van der Waals surface area contributed by atoms with Gasteiger partial charge in [-0.05, 0) is 135 Å². The average molecular weight is 2030 g/mol. The second-order valence-corrected chi connectivity index (χ2v) is 36.1. The first kappa shape index (κ1) is 102. The molecule has 3 aliphatic rings. The summed E-state index contributed by atoms with van der Waals surface area (Å²) < 4.78 is 119. The van der Waals surface area contributed by atoms with Crippen LogP contribution in [0, 0.1) is 97.7 Å². The summed E-state index contributed by atoms with van der Waals surface area (Å²) in [5, 5.41) is 30.5. The Morgan fingerprint density at radius 3 is 0.920 bits per heavy atom. The molecule has 0 atom stereocenters. The number of hydrogen-bond donors (Lipinski definition) is 3. The molecule has 714 valence electrons. The molecule has 12 heterocycles. The third-order valence-electron chi connectivity index (χ3n) is 24.1. The molecular weight excluding hydrogens is 1940 g/mol. The van der Waals surface area contributed by atoms with Gasteiger partial charge in [-0.15, -0.1) is 0 Å². The first-order valence-electron chi connectivity index (χ1n) is 42.6. The highest BCUT2D eigenvalue weighted by atomic mass is 35.5. The highest BCUT2D eigenvalue weighted by Crippen LogP contribution is 2.50. The molecule has 3 fully saturated rings. The highest BCUT2D eigenvalue weighted by Gasteiger charge is 2.44. The lowest BCUT2D eigenvalue weighted by molar-refractivity contribution is -0.142. The first-order valence-corrected chi connectivity index (χ1v) is 45.2. The maximum Gasteiger partial charge on any atom is 0.422 e. The van der Waals surface area contributed by atoms with E-state index in [0.717, 1.165) is 27.8 Å². The molecule has 3 saturated heterocycles. The predicted octanol–water partition coefficient (Wildman–Crippen LogP) is 19.4. The number of fused-ring (bicyclic) bond motifs is 3. The van der Waals surface area contributed by atoms with Gasteiger partial charge in [0.15, 0.2) is 23.3 Å². The molecule has 27 nitrogen and oxygen atoms in total. The molecule has 138 heavy (non-hydrogen) atoms. The molecule has 15 rings (SSSR count). The van der Waals surface area contributed by atoms with Gasteiger partial charge in [-0.1, -0.05) is 142 Å². The number of aryl methyl sites for hydroxylation is 3. The number of alkyl halides is 3. The fraction of sp³-hybridized carbons (Fsp3) is 0.281. The third kappa shape index (κ3) is 18.1. The van der Waals surface area contributed by atoms with E-state index in [-0.39, 0.29) is 187 Å². The lowest BCUT2D eigenvalue weighted by atomic mass is 10.00. The summed E-state index contributed by atoms with van der Waals surface area (Å²) in [6.07, 6.45) is 2.79.